The van der Waals surface area contributed by atoms with Crippen molar-refractivity contribution in [1.82, 2.24) is 4.72 Å². The third-order valence-corrected chi connectivity index (χ3v) is 4.64. The van der Waals surface area contributed by atoms with E-state index in [9.17, 15) is 13.2 Å². The Kier molecular flexibility index (Phi) is 4.84. The second kappa shape index (κ2) is 5.66. The minimum Gasteiger partial charge on any atom is -0.481 e. The first-order chi connectivity index (χ1) is 8.53. The standard InChI is InChI=1S/C11H13Cl2NO4S/c1-11(2,6-10(15)16)14-19(17,18)7-3-4-8(12)9(13)5-7/h3-5,14H,6H2,1-2H3,(H,15,16). The molecule has 1 rings (SSSR count). The summed E-state index contributed by atoms with van der Waals surface area (Å²) in [6.45, 7) is 2.96. The van der Waals surface area contributed by atoms with Gasteiger partial charge in [-0.2, -0.15) is 0 Å². The lowest BCUT2D eigenvalue weighted by Gasteiger charge is -2.24. The Morgan fingerprint density at radius 3 is 2.37 bits per heavy atom. The molecular weight excluding hydrogens is 313 g/mol. The van der Waals surface area contributed by atoms with Crippen molar-refractivity contribution in [3.05, 3.63) is 28.2 Å². The molecule has 2 N–H and O–H groups in total. The molecule has 0 bridgehead atoms. The number of carboxylic acids is 1. The van der Waals surface area contributed by atoms with E-state index in [4.69, 9.17) is 28.3 Å². The molecule has 0 aliphatic carbocycles. The molecule has 0 heterocycles. The van der Waals surface area contributed by atoms with Gasteiger partial charge in [-0.15, -0.1) is 0 Å². The minimum atomic E-state index is -3.86. The number of sulfonamides is 1. The van der Waals surface area contributed by atoms with Crippen LogP contribution in [0.25, 0.3) is 0 Å². The predicted molar refractivity (Wildman–Crippen MR) is 73.1 cm³/mol. The smallest absolute Gasteiger partial charge is 0.305 e. The van der Waals surface area contributed by atoms with Crippen molar-refractivity contribution in [1.29, 1.82) is 0 Å². The van der Waals surface area contributed by atoms with E-state index in [0.717, 1.165) is 0 Å². The number of hydrogen-bond donors (Lipinski definition) is 2. The molecule has 1 aromatic carbocycles. The highest BCUT2D eigenvalue weighted by molar-refractivity contribution is 7.89. The van der Waals surface area contributed by atoms with E-state index in [1.165, 1.54) is 32.0 Å². The maximum atomic E-state index is 12.1. The molecule has 0 aliphatic heterocycles. The number of hydrogen-bond acceptors (Lipinski definition) is 3. The summed E-state index contributed by atoms with van der Waals surface area (Å²) in [5.41, 5.74) is -1.11. The van der Waals surface area contributed by atoms with Crippen molar-refractivity contribution in [2.24, 2.45) is 0 Å². The van der Waals surface area contributed by atoms with Gasteiger partial charge in [0.2, 0.25) is 10.0 Å². The quantitative estimate of drug-likeness (QED) is 0.871. The van der Waals surface area contributed by atoms with Gasteiger partial charge >= 0.3 is 5.97 Å². The van der Waals surface area contributed by atoms with Crippen molar-refractivity contribution in [3.8, 4) is 0 Å². The normalized spacial score (nSPS) is 12.4. The Labute approximate surface area is 121 Å². The summed E-state index contributed by atoms with van der Waals surface area (Å²) in [7, 11) is -3.86. The Morgan fingerprint density at radius 1 is 1.32 bits per heavy atom. The molecule has 0 amide bonds. The lowest BCUT2D eigenvalue weighted by molar-refractivity contribution is -0.138. The van der Waals surface area contributed by atoms with Crippen LogP contribution in [0.2, 0.25) is 10.0 Å². The van der Waals surface area contributed by atoms with E-state index in [1.807, 2.05) is 0 Å². The number of rotatable bonds is 5. The van der Waals surface area contributed by atoms with Crippen LogP contribution in [0.5, 0.6) is 0 Å². The zero-order valence-electron chi connectivity index (χ0n) is 10.3. The van der Waals surface area contributed by atoms with Gasteiger partial charge in [-0.3, -0.25) is 4.79 Å². The van der Waals surface area contributed by atoms with Gasteiger partial charge in [-0.25, -0.2) is 13.1 Å². The predicted octanol–water partition coefficient (Wildman–Crippen LogP) is 2.53. The molecule has 0 fully saturated rings. The van der Waals surface area contributed by atoms with Crippen LogP contribution in [-0.4, -0.2) is 25.0 Å². The molecule has 0 atom stereocenters. The van der Waals surface area contributed by atoms with Gasteiger partial charge in [-0.1, -0.05) is 23.2 Å². The third-order valence-electron chi connectivity index (χ3n) is 2.21. The second-order valence-corrected chi connectivity index (χ2v) is 7.13. The summed E-state index contributed by atoms with van der Waals surface area (Å²) in [4.78, 5) is 10.6. The van der Waals surface area contributed by atoms with E-state index in [2.05, 4.69) is 4.72 Å². The maximum absolute atomic E-state index is 12.1. The largest absolute Gasteiger partial charge is 0.481 e. The highest BCUT2D eigenvalue weighted by Crippen LogP contribution is 2.25. The van der Waals surface area contributed by atoms with Crippen LogP contribution in [0, 0.1) is 0 Å². The van der Waals surface area contributed by atoms with Gasteiger partial charge in [0.1, 0.15) is 0 Å². The fourth-order valence-electron chi connectivity index (χ4n) is 1.48. The lowest BCUT2D eigenvalue weighted by atomic mass is 10.0. The summed E-state index contributed by atoms with van der Waals surface area (Å²) >= 11 is 11.5. The lowest BCUT2D eigenvalue weighted by Crippen LogP contribution is -2.44. The van der Waals surface area contributed by atoms with Gasteiger partial charge in [-0.05, 0) is 32.0 Å². The molecule has 0 saturated heterocycles. The molecule has 0 aliphatic rings. The van der Waals surface area contributed by atoms with Crippen molar-refractivity contribution in [2.75, 3.05) is 0 Å². The third kappa shape index (κ3) is 4.65. The zero-order chi connectivity index (χ0) is 14.8. The zero-order valence-corrected chi connectivity index (χ0v) is 12.6. The maximum Gasteiger partial charge on any atom is 0.305 e. The van der Waals surface area contributed by atoms with Crippen LogP contribution in [-0.2, 0) is 14.8 Å². The number of carbonyl (C=O) groups is 1. The fraction of sp³-hybridized carbons (Fsp3) is 0.364. The topological polar surface area (TPSA) is 83.5 Å². The van der Waals surface area contributed by atoms with Gasteiger partial charge in [0.05, 0.1) is 21.4 Å². The van der Waals surface area contributed by atoms with E-state index in [-0.39, 0.29) is 21.4 Å². The first-order valence-corrected chi connectivity index (χ1v) is 7.48. The van der Waals surface area contributed by atoms with E-state index in [1.54, 1.807) is 0 Å². The van der Waals surface area contributed by atoms with Crippen LogP contribution in [0.15, 0.2) is 23.1 Å². The Bertz CT molecular complexity index is 599. The van der Waals surface area contributed by atoms with E-state index >= 15 is 0 Å². The van der Waals surface area contributed by atoms with E-state index < -0.39 is 21.5 Å². The summed E-state index contributed by atoms with van der Waals surface area (Å²) in [5, 5.41) is 9.08. The van der Waals surface area contributed by atoms with Crippen molar-refractivity contribution in [2.45, 2.75) is 30.7 Å². The van der Waals surface area contributed by atoms with Crippen LogP contribution in [0.3, 0.4) is 0 Å². The average molecular weight is 326 g/mol. The molecule has 106 valence electrons. The first-order valence-electron chi connectivity index (χ1n) is 5.24. The minimum absolute atomic E-state index is 0.0691. The Hall–Kier alpha value is -0.820. The number of nitrogens with one attached hydrogen (secondary N) is 1. The summed E-state index contributed by atoms with van der Waals surface area (Å²) in [5.74, 6) is -1.10. The highest BCUT2D eigenvalue weighted by atomic mass is 35.5. The molecule has 8 heteroatoms. The Morgan fingerprint density at radius 2 is 1.89 bits per heavy atom. The summed E-state index contributed by atoms with van der Waals surface area (Å²) in [6.07, 6.45) is -0.340. The molecule has 19 heavy (non-hydrogen) atoms. The molecule has 0 spiro atoms. The number of aliphatic carboxylic acids is 1. The number of benzene rings is 1. The van der Waals surface area contributed by atoms with E-state index in [0.29, 0.717) is 0 Å². The average Bonchev–Trinajstić information content (AvgIpc) is 2.17. The Balaban J connectivity index is 3.04. The molecule has 0 unspecified atom stereocenters. The van der Waals surface area contributed by atoms with Gasteiger partial charge in [0, 0.05) is 5.54 Å². The molecule has 1 aromatic rings. The molecule has 0 radical (unpaired) electrons. The van der Waals surface area contributed by atoms with Crippen LogP contribution >= 0.6 is 23.2 Å². The van der Waals surface area contributed by atoms with Crippen molar-refractivity contribution >= 4 is 39.2 Å². The molecule has 0 aromatic heterocycles. The molecule has 0 saturated carbocycles. The first kappa shape index (κ1) is 16.2. The van der Waals surface area contributed by atoms with Gasteiger partial charge in [0.15, 0.2) is 0 Å². The SMILES string of the molecule is CC(C)(CC(=O)O)NS(=O)(=O)c1ccc(Cl)c(Cl)c1. The van der Waals surface area contributed by atoms with Crippen LogP contribution < -0.4 is 4.72 Å². The summed E-state index contributed by atoms with van der Waals surface area (Å²) in [6, 6.07) is 3.87. The molecule has 5 nitrogen and oxygen atoms in total. The van der Waals surface area contributed by atoms with Crippen molar-refractivity contribution in [3.63, 3.8) is 0 Å². The highest BCUT2D eigenvalue weighted by Gasteiger charge is 2.28. The fourth-order valence-corrected chi connectivity index (χ4v) is 3.28. The number of carboxylic acid groups (broad SMARTS) is 1. The van der Waals surface area contributed by atoms with Gasteiger partial charge < -0.3 is 5.11 Å². The van der Waals surface area contributed by atoms with Crippen LogP contribution in [0.1, 0.15) is 20.3 Å². The molecular formula is C11H13Cl2NO4S. The monoisotopic (exact) mass is 325 g/mol. The van der Waals surface area contributed by atoms with Gasteiger partial charge in [0.25, 0.3) is 0 Å². The van der Waals surface area contributed by atoms with Crippen LogP contribution in [0.4, 0.5) is 0 Å². The summed E-state index contributed by atoms with van der Waals surface area (Å²) < 4.78 is 26.5. The second-order valence-electron chi connectivity index (χ2n) is 4.64. The van der Waals surface area contributed by atoms with Crippen molar-refractivity contribution < 1.29 is 18.3 Å². The number of halogens is 2.